The van der Waals surface area contributed by atoms with E-state index in [9.17, 15) is 8.42 Å². The Morgan fingerprint density at radius 3 is 2.20 bits per heavy atom. The average Bonchev–Trinajstić information content (AvgIpc) is 2.07. The highest BCUT2D eigenvalue weighted by atomic mass is 35.7. The van der Waals surface area contributed by atoms with Gasteiger partial charge in [0.2, 0.25) is 9.05 Å². The lowest BCUT2D eigenvalue weighted by Gasteiger charge is -2.23. The Hall–Kier alpha value is -0.540. The predicted molar refractivity (Wildman–Crippen MR) is 63.7 cm³/mol. The zero-order chi connectivity index (χ0) is 11.9. The maximum Gasteiger partial charge on any atom is 0.241 e. The fourth-order valence-corrected chi connectivity index (χ4v) is 2.25. The SMILES string of the molecule is Cc1ccc(C)c(C(C)(C)S(=O)(=O)Cl)c1. The second kappa shape index (κ2) is 3.80. The molecular formula is C11H15ClO2S. The number of benzene rings is 1. The van der Waals surface area contributed by atoms with Crippen LogP contribution in [0.15, 0.2) is 18.2 Å². The van der Waals surface area contributed by atoms with Crippen LogP contribution in [-0.4, -0.2) is 8.42 Å². The molecule has 15 heavy (non-hydrogen) atoms. The van der Waals surface area contributed by atoms with Crippen molar-refractivity contribution in [1.29, 1.82) is 0 Å². The summed E-state index contributed by atoms with van der Waals surface area (Å²) in [7, 11) is 1.83. The lowest BCUT2D eigenvalue weighted by atomic mass is 9.95. The summed E-state index contributed by atoms with van der Waals surface area (Å²) in [6.07, 6.45) is 0. The molecule has 0 saturated carbocycles. The minimum atomic E-state index is -3.62. The summed E-state index contributed by atoms with van der Waals surface area (Å²) in [5.41, 5.74) is 2.73. The highest BCUT2D eigenvalue weighted by molar-refractivity contribution is 8.14. The molecule has 0 aliphatic heterocycles. The van der Waals surface area contributed by atoms with Gasteiger partial charge in [0.1, 0.15) is 4.75 Å². The first kappa shape index (κ1) is 12.5. The first-order valence-corrected chi connectivity index (χ1v) is 6.99. The molecule has 0 atom stereocenters. The molecular weight excluding hydrogens is 232 g/mol. The number of rotatable bonds is 2. The van der Waals surface area contributed by atoms with Crippen molar-refractivity contribution in [2.45, 2.75) is 32.4 Å². The van der Waals surface area contributed by atoms with Crippen molar-refractivity contribution in [3.8, 4) is 0 Å². The zero-order valence-corrected chi connectivity index (χ0v) is 10.9. The monoisotopic (exact) mass is 246 g/mol. The molecule has 0 heterocycles. The molecule has 4 heteroatoms. The van der Waals surface area contributed by atoms with Crippen molar-refractivity contribution < 1.29 is 8.42 Å². The average molecular weight is 247 g/mol. The summed E-state index contributed by atoms with van der Waals surface area (Å²) in [6.45, 7) is 7.06. The lowest BCUT2D eigenvalue weighted by molar-refractivity contribution is 0.569. The van der Waals surface area contributed by atoms with Gasteiger partial charge in [0, 0.05) is 10.7 Å². The first-order valence-electron chi connectivity index (χ1n) is 4.68. The van der Waals surface area contributed by atoms with E-state index in [0.717, 1.165) is 16.7 Å². The first-order chi connectivity index (χ1) is 6.66. The molecule has 0 radical (unpaired) electrons. The normalized spacial score (nSPS) is 12.9. The van der Waals surface area contributed by atoms with Gasteiger partial charge >= 0.3 is 0 Å². The molecule has 0 unspecified atom stereocenters. The van der Waals surface area contributed by atoms with Gasteiger partial charge in [-0.25, -0.2) is 8.42 Å². The van der Waals surface area contributed by atoms with Crippen molar-refractivity contribution >= 4 is 19.7 Å². The van der Waals surface area contributed by atoms with Crippen molar-refractivity contribution in [3.63, 3.8) is 0 Å². The quantitative estimate of drug-likeness (QED) is 0.752. The Morgan fingerprint density at radius 1 is 1.20 bits per heavy atom. The molecule has 0 fully saturated rings. The van der Waals surface area contributed by atoms with E-state index in [0.29, 0.717) is 0 Å². The fourth-order valence-electron chi connectivity index (χ4n) is 1.52. The third-order valence-corrected chi connectivity index (χ3v) is 5.25. The zero-order valence-electron chi connectivity index (χ0n) is 9.33. The van der Waals surface area contributed by atoms with Crippen molar-refractivity contribution in [3.05, 3.63) is 34.9 Å². The van der Waals surface area contributed by atoms with Gasteiger partial charge in [0.05, 0.1) is 0 Å². The predicted octanol–water partition coefficient (Wildman–Crippen LogP) is 3.11. The van der Waals surface area contributed by atoms with Crippen molar-refractivity contribution in [2.24, 2.45) is 0 Å². The molecule has 0 N–H and O–H groups in total. The molecule has 2 nitrogen and oxygen atoms in total. The Morgan fingerprint density at radius 2 is 1.73 bits per heavy atom. The summed E-state index contributed by atoms with van der Waals surface area (Å²) in [5.74, 6) is 0. The van der Waals surface area contributed by atoms with Crippen molar-refractivity contribution in [2.75, 3.05) is 0 Å². The summed E-state index contributed by atoms with van der Waals surface area (Å²) >= 11 is 0. The summed E-state index contributed by atoms with van der Waals surface area (Å²) < 4.78 is 21.9. The maximum atomic E-state index is 11.5. The molecule has 0 aliphatic carbocycles. The smallest absolute Gasteiger partial charge is 0.211 e. The molecule has 84 valence electrons. The molecule has 1 aromatic rings. The standard InChI is InChI=1S/C11H15ClO2S/c1-8-5-6-9(2)10(7-8)11(3,4)15(12,13)14/h5-7H,1-4H3. The van der Waals surface area contributed by atoms with Crippen LogP contribution in [0.1, 0.15) is 30.5 Å². The molecule has 0 amide bonds. The Labute approximate surface area is 95.7 Å². The van der Waals surface area contributed by atoms with Crippen LogP contribution in [0, 0.1) is 13.8 Å². The highest BCUT2D eigenvalue weighted by Crippen LogP contribution is 2.34. The topological polar surface area (TPSA) is 34.1 Å². The van der Waals surface area contributed by atoms with Gasteiger partial charge in [-0.2, -0.15) is 0 Å². The van der Waals surface area contributed by atoms with Crippen LogP contribution in [0.25, 0.3) is 0 Å². The van der Waals surface area contributed by atoms with Crippen LogP contribution in [0.4, 0.5) is 0 Å². The van der Waals surface area contributed by atoms with Crippen LogP contribution < -0.4 is 0 Å². The van der Waals surface area contributed by atoms with Gasteiger partial charge < -0.3 is 0 Å². The van der Waals surface area contributed by atoms with E-state index in [2.05, 4.69) is 0 Å². The minimum Gasteiger partial charge on any atom is -0.211 e. The Kier molecular flexibility index (Phi) is 3.17. The third-order valence-electron chi connectivity index (χ3n) is 2.65. The summed E-state index contributed by atoms with van der Waals surface area (Å²) in [4.78, 5) is 0. The van der Waals surface area contributed by atoms with Gasteiger partial charge in [0.15, 0.2) is 0 Å². The lowest BCUT2D eigenvalue weighted by Crippen LogP contribution is -2.26. The Bertz CT molecular complexity index is 475. The van der Waals surface area contributed by atoms with Gasteiger partial charge in [-0.1, -0.05) is 23.8 Å². The summed E-state index contributed by atoms with van der Waals surface area (Å²) in [5, 5.41) is 0. The largest absolute Gasteiger partial charge is 0.241 e. The van der Waals surface area contributed by atoms with Gasteiger partial charge in [0.25, 0.3) is 0 Å². The molecule has 1 aromatic carbocycles. The molecule has 1 rings (SSSR count). The van der Waals surface area contributed by atoms with E-state index in [1.165, 1.54) is 0 Å². The van der Waals surface area contributed by atoms with E-state index < -0.39 is 13.8 Å². The van der Waals surface area contributed by atoms with Crippen LogP contribution in [0.5, 0.6) is 0 Å². The van der Waals surface area contributed by atoms with E-state index in [1.54, 1.807) is 13.8 Å². The van der Waals surface area contributed by atoms with Crippen LogP contribution in [0.2, 0.25) is 0 Å². The van der Waals surface area contributed by atoms with Gasteiger partial charge in [-0.3, -0.25) is 0 Å². The Balaban J connectivity index is 3.46. The molecule has 0 aromatic heterocycles. The maximum absolute atomic E-state index is 11.5. The van der Waals surface area contributed by atoms with Gasteiger partial charge in [-0.15, -0.1) is 0 Å². The number of aryl methyl sites for hydroxylation is 2. The van der Waals surface area contributed by atoms with E-state index >= 15 is 0 Å². The van der Waals surface area contributed by atoms with Crippen LogP contribution >= 0.6 is 10.7 Å². The second-order valence-corrected chi connectivity index (χ2v) is 7.38. The highest BCUT2D eigenvalue weighted by Gasteiger charge is 2.35. The fraction of sp³-hybridized carbons (Fsp3) is 0.455. The van der Waals surface area contributed by atoms with Crippen LogP contribution in [0.3, 0.4) is 0 Å². The van der Waals surface area contributed by atoms with Crippen LogP contribution in [-0.2, 0) is 13.8 Å². The van der Waals surface area contributed by atoms with Crippen molar-refractivity contribution in [1.82, 2.24) is 0 Å². The van der Waals surface area contributed by atoms with E-state index in [4.69, 9.17) is 10.7 Å². The van der Waals surface area contributed by atoms with Gasteiger partial charge in [-0.05, 0) is 38.8 Å². The number of hydrogen-bond donors (Lipinski definition) is 0. The third kappa shape index (κ3) is 2.34. The van der Waals surface area contributed by atoms with E-state index in [-0.39, 0.29) is 0 Å². The molecule has 0 bridgehead atoms. The molecule has 0 spiro atoms. The summed E-state index contributed by atoms with van der Waals surface area (Å²) in [6, 6.07) is 5.74. The number of halogens is 1. The molecule has 0 saturated heterocycles. The minimum absolute atomic E-state index is 0.762. The number of hydrogen-bond acceptors (Lipinski definition) is 2. The van der Waals surface area contributed by atoms with E-state index in [1.807, 2.05) is 32.0 Å². The molecule has 0 aliphatic rings. The second-order valence-electron chi connectivity index (χ2n) is 4.27.